The fourth-order valence-corrected chi connectivity index (χ4v) is 6.35. The Hall–Kier alpha value is -4.19. The lowest BCUT2D eigenvalue weighted by atomic mass is 10.1. The zero-order valence-corrected chi connectivity index (χ0v) is 40.3. The lowest BCUT2D eigenvalue weighted by Gasteiger charge is -2.18. The third kappa shape index (κ3) is 48.7. The average molecular weight is 871 g/mol. The van der Waals surface area contributed by atoms with Gasteiger partial charge in [0.2, 0.25) is 0 Å². The number of allylic oxidation sites excluding steroid dienone is 20. The third-order valence-corrected chi connectivity index (χ3v) is 10.1. The van der Waals surface area contributed by atoms with Crippen molar-refractivity contribution >= 4 is 17.9 Å². The van der Waals surface area contributed by atoms with Gasteiger partial charge in [0.1, 0.15) is 13.2 Å². The molecule has 0 bridgehead atoms. The molecule has 6 heteroatoms. The van der Waals surface area contributed by atoms with Crippen LogP contribution in [0.4, 0.5) is 0 Å². The summed E-state index contributed by atoms with van der Waals surface area (Å²) in [6.07, 6.45) is 69.0. The van der Waals surface area contributed by atoms with Crippen molar-refractivity contribution in [3.05, 3.63) is 122 Å². The first-order chi connectivity index (χ1) is 31.0. The molecule has 0 saturated heterocycles. The fraction of sp³-hybridized carbons (Fsp3) is 0.596. The van der Waals surface area contributed by atoms with Crippen LogP contribution in [0.15, 0.2) is 122 Å². The molecule has 0 aromatic rings. The van der Waals surface area contributed by atoms with Crippen molar-refractivity contribution in [2.75, 3.05) is 13.2 Å². The number of ether oxygens (including phenoxy) is 3. The van der Waals surface area contributed by atoms with E-state index in [1.54, 1.807) is 0 Å². The van der Waals surface area contributed by atoms with E-state index in [2.05, 4.69) is 106 Å². The van der Waals surface area contributed by atoms with E-state index >= 15 is 0 Å². The van der Waals surface area contributed by atoms with Crippen LogP contribution in [0.5, 0.6) is 0 Å². The van der Waals surface area contributed by atoms with E-state index < -0.39 is 6.10 Å². The summed E-state index contributed by atoms with van der Waals surface area (Å²) in [5, 5.41) is 0. The molecule has 0 amide bonds. The first-order valence-corrected chi connectivity index (χ1v) is 25.1. The van der Waals surface area contributed by atoms with E-state index in [9.17, 15) is 14.4 Å². The van der Waals surface area contributed by atoms with Gasteiger partial charge in [0.05, 0.1) is 0 Å². The highest BCUT2D eigenvalue weighted by molar-refractivity contribution is 5.71. The van der Waals surface area contributed by atoms with Gasteiger partial charge in [-0.3, -0.25) is 14.4 Å². The van der Waals surface area contributed by atoms with Crippen LogP contribution in [0.1, 0.15) is 201 Å². The molecule has 63 heavy (non-hydrogen) atoms. The Labute approximate surface area is 386 Å². The van der Waals surface area contributed by atoms with Gasteiger partial charge in [-0.25, -0.2) is 0 Å². The Balaban J connectivity index is 4.56. The fourth-order valence-electron chi connectivity index (χ4n) is 6.35. The summed E-state index contributed by atoms with van der Waals surface area (Å²) in [5.74, 6) is -1.03. The van der Waals surface area contributed by atoms with Crippen molar-refractivity contribution in [1.29, 1.82) is 0 Å². The van der Waals surface area contributed by atoms with Gasteiger partial charge in [-0.05, 0) is 89.9 Å². The van der Waals surface area contributed by atoms with E-state index in [1.807, 2.05) is 36.5 Å². The molecule has 0 fully saturated rings. The number of rotatable bonds is 43. The highest BCUT2D eigenvalue weighted by Crippen LogP contribution is 2.13. The smallest absolute Gasteiger partial charge is 0.306 e. The summed E-state index contributed by atoms with van der Waals surface area (Å²) in [5.41, 5.74) is 0. The van der Waals surface area contributed by atoms with Gasteiger partial charge in [0.25, 0.3) is 0 Å². The highest BCUT2D eigenvalue weighted by Gasteiger charge is 2.19. The quantitative estimate of drug-likeness (QED) is 0.0200. The number of carbonyl (C=O) groups is 3. The molecule has 0 spiro atoms. The van der Waals surface area contributed by atoms with Crippen LogP contribution in [0, 0.1) is 0 Å². The Bertz CT molecular complexity index is 1370. The molecule has 0 radical (unpaired) electrons. The monoisotopic (exact) mass is 871 g/mol. The predicted octanol–water partition coefficient (Wildman–Crippen LogP) is 16.5. The second kappa shape index (κ2) is 50.5. The van der Waals surface area contributed by atoms with E-state index in [0.29, 0.717) is 19.3 Å². The average Bonchev–Trinajstić information content (AvgIpc) is 3.28. The Morgan fingerprint density at radius 1 is 0.349 bits per heavy atom. The maximum atomic E-state index is 12.8. The summed E-state index contributed by atoms with van der Waals surface area (Å²) < 4.78 is 16.7. The first-order valence-electron chi connectivity index (χ1n) is 25.1. The molecular weight excluding hydrogens is 781 g/mol. The molecule has 0 rings (SSSR count). The van der Waals surface area contributed by atoms with Crippen molar-refractivity contribution < 1.29 is 28.6 Å². The molecule has 6 nitrogen and oxygen atoms in total. The van der Waals surface area contributed by atoms with Gasteiger partial charge in [-0.15, -0.1) is 0 Å². The van der Waals surface area contributed by atoms with E-state index in [1.165, 1.54) is 64.2 Å². The molecule has 0 aliphatic carbocycles. The summed E-state index contributed by atoms with van der Waals surface area (Å²) in [6.45, 7) is 6.25. The van der Waals surface area contributed by atoms with E-state index in [4.69, 9.17) is 14.2 Å². The molecule has 0 aliphatic rings. The first kappa shape index (κ1) is 58.8. The van der Waals surface area contributed by atoms with Crippen molar-refractivity contribution in [3.8, 4) is 0 Å². The van der Waals surface area contributed by atoms with Gasteiger partial charge >= 0.3 is 17.9 Å². The zero-order chi connectivity index (χ0) is 45.8. The number of hydrogen-bond donors (Lipinski definition) is 0. The maximum absolute atomic E-state index is 12.8. The lowest BCUT2D eigenvalue weighted by molar-refractivity contribution is -0.167. The van der Waals surface area contributed by atoms with Crippen molar-refractivity contribution in [2.24, 2.45) is 0 Å². The summed E-state index contributed by atoms with van der Waals surface area (Å²) in [6, 6.07) is 0. The van der Waals surface area contributed by atoms with E-state index in [-0.39, 0.29) is 37.5 Å². The largest absolute Gasteiger partial charge is 0.462 e. The number of esters is 3. The Kier molecular flexibility index (Phi) is 47.1. The second-order valence-electron chi connectivity index (χ2n) is 16.1. The van der Waals surface area contributed by atoms with Gasteiger partial charge in [0, 0.05) is 19.3 Å². The molecule has 0 N–H and O–H groups in total. The highest BCUT2D eigenvalue weighted by atomic mass is 16.6. The van der Waals surface area contributed by atoms with Crippen LogP contribution in [0.2, 0.25) is 0 Å². The lowest BCUT2D eigenvalue weighted by Crippen LogP contribution is -2.30. The number of carbonyl (C=O) groups excluding carboxylic acids is 3. The Morgan fingerprint density at radius 2 is 0.698 bits per heavy atom. The minimum absolute atomic E-state index is 0.123. The maximum Gasteiger partial charge on any atom is 0.306 e. The van der Waals surface area contributed by atoms with Crippen molar-refractivity contribution in [2.45, 2.75) is 207 Å². The minimum atomic E-state index is -0.824. The molecule has 1 atom stereocenters. The molecular formula is C57H90O6. The van der Waals surface area contributed by atoms with Gasteiger partial charge in [-0.2, -0.15) is 0 Å². The number of hydrogen-bond acceptors (Lipinski definition) is 6. The molecule has 0 aliphatic heterocycles. The van der Waals surface area contributed by atoms with Crippen molar-refractivity contribution in [3.63, 3.8) is 0 Å². The molecule has 354 valence electrons. The summed E-state index contributed by atoms with van der Waals surface area (Å²) >= 11 is 0. The predicted molar refractivity (Wildman–Crippen MR) is 269 cm³/mol. The minimum Gasteiger partial charge on any atom is -0.462 e. The topological polar surface area (TPSA) is 78.9 Å². The molecule has 0 aromatic carbocycles. The summed E-state index contributed by atoms with van der Waals surface area (Å²) in [4.78, 5) is 37.9. The normalized spacial score (nSPS) is 13.1. The van der Waals surface area contributed by atoms with Gasteiger partial charge in [-0.1, -0.05) is 213 Å². The SMILES string of the molecule is CC\C=C/C=C\C=C/C=C\CCCCCC(=O)OCC(COC(=O)CCC/C=C\C/C=C\C/C=C\CCCCCCCC)OC(=O)CCCCCCCCC\C=C/C=C\C=C/CC. The standard InChI is InChI=1S/C57H90O6/c1-4-7-10-13-16-19-22-25-27-28-30-32-35-38-41-44-47-50-56(59)62-53-54(52-61-55(58)49-46-43-40-37-34-31-24-21-18-15-12-9-6-3)63-57(60)51-48-45-42-39-36-33-29-26-23-20-17-14-11-8-5-2/h8-9,11-12,14-15,17-18,20-21,23-25,27,30-32,34,38,41,54H,4-7,10,13,16,19,22,26,28-29,33,35-37,39-40,42-53H2,1-3H3/b11-8-,12-9-,17-14-,18-15-,23-20-,24-21-,27-25-,32-30-,34-31-,41-38-. The van der Waals surface area contributed by atoms with Crippen LogP contribution >= 0.6 is 0 Å². The van der Waals surface area contributed by atoms with Crippen LogP contribution in [0.3, 0.4) is 0 Å². The molecule has 0 saturated carbocycles. The zero-order valence-electron chi connectivity index (χ0n) is 40.3. The van der Waals surface area contributed by atoms with Crippen LogP contribution in [-0.4, -0.2) is 37.2 Å². The van der Waals surface area contributed by atoms with Crippen LogP contribution in [-0.2, 0) is 28.6 Å². The molecule has 0 heterocycles. The summed E-state index contributed by atoms with van der Waals surface area (Å²) in [7, 11) is 0. The number of unbranched alkanes of at least 4 members (excludes halogenated alkanes) is 17. The molecule has 1 unspecified atom stereocenters. The second-order valence-corrected chi connectivity index (χ2v) is 16.1. The van der Waals surface area contributed by atoms with Crippen molar-refractivity contribution in [1.82, 2.24) is 0 Å². The molecule has 0 aromatic heterocycles. The Morgan fingerprint density at radius 3 is 1.19 bits per heavy atom. The van der Waals surface area contributed by atoms with E-state index in [0.717, 1.165) is 89.9 Å². The van der Waals surface area contributed by atoms with Crippen LogP contribution < -0.4 is 0 Å². The van der Waals surface area contributed by atoms with Crippen LogP contribution in [0.25, 0.3) is 0 Å². The van der Waals surface area contributed by atoms with Gasteiger partial charge < -0.3 is 14.2 Å². The van der Waals surface area contributed by atoms with Gasteiger partial charge in [0.15, 0.2) is 6.10 Å². The third-order valence-electron chi connectivity index (χ3n) is 10.1.